The van der Waals surface area contributed by atoms with Gasteiger partial charge in [-0.25, -0.2) is 0 Å². The van der Waals surface area contributed by atoms with E-state index in [1.54, 1.807) is 0 Å². The number of fused-ring (bicyclic) bond motifs is 2. The van der Waals surface area contributed by atoms with Crippen LogP contribution in [-0.2, 0) is 0 Å². The number of rotatable bonds is 7. The first kappa shape index (κ1) is 28.3. The van der Waals surface area contributed by atoms with E-state index in [-0.39, 0.29) is 0 Å². The number of nitrogens with zero attached hydrogens (tertiary/aromatic N) is 1. The van der Waals surface area contributed by atoms with Gasteiger partial charge in [0.15, 0.2) is 0 Å². The Morgan fingerprint density at radius 3 is 1.21 bits per heavy atom. The summed E-state index contributed by atoms with van der Waals surface area (Å²) in [4.78, 5) is 2.28. The van der Waals surface area contributed by atoms with Crippen LogP contribution in [0, 0.1) is 0 Å². The number of benzene rings is 8. The van der Waals surface area contributed by atoms with E-state index in [9.17, 15) is 0 Å². The maximum absolute atomic E-state index is 2.29. The van der Waals surface area contributed by atoms with E-state index in [0.717, 1.165) is 22.6 Å². The largest absolute Gasteiger partial charge is 0.311 e. The quantitative estimate of drug-likeness (QED) is 0.130. The summed E-state index contributed by atoms with van der Waals surface area (Å²) < 4.78 is 0. The molecule has 0 bridgehead atoms. The van der Waals surface area contributed by atoms with Crippen molar-refractivity contribution in [3.05, 3.63) is 199 Å². The van der Waals surface area contributed by atoms with Gasteiger partial charge in [0.1, 0.15) is 0 Å². The SMILES string of the molecule is C(=C\c1ccc(N(c2ccccc2)c2ccccc2)cc1)/c1ccc(-c2ccc(-c3c4ccccc4cc4ccccc34)cc2)cc1. The number of anilines is 3. The molecule has 0 N–H and O–H groups in total. The molecule has 8 aromatic rings. The summed E-state index contributed by atoms with van der Waals surface area (Å²) in [7, 11) is 0. The summed E-state index contributed by atoms with van der Waals surface area (Å²) in [6.07, 6.45) is 4.36. The lowest BCUT2D eigenvalue weighted by Crippen LogP contribution is -2.09. The average molecular weight is 600 g/mol. The van der Waals surface area contributed by atoms with Crippen LogP contribution in [0.3, 0.4) is 0 Å². The van der Waals surface area contributed by atoms with Gasteiger partial charge in [0, 0.05) is 17.1 Å². The Morgan fingerprint density at radius 1 is 0.319 bits per heavy atom. The predicted molar refractivity (Wildman–Crippen MR) is 202 cm³/mol. The van der Waals surface area contributed by atoms with E-state index < -0.39 is 0 Å². The average Bonchev–Trinajstić information content (AvgIpc) is 3.15. The van der Waals surface area contributed by atoms with Gasteiger partial charge >= 0.3 is 0 Å². The molecule has 0 saturated carbocycles. The molecule has 0 aliphatic rings. The van der Waals surface area contributed by atoms with Crippen molar-refractivity contribution in [3.8, 4) is 22.3 Å². The molecule has 0 aliphatic heterocycles. The lowest BCUT2D eigenvalue weighted by molar-refractivity contribution is 1.28. The highest BCUT2D eigenvalue weighted by Crippen LogP contribution is 2.37. The van der Waals surface area contributed by atoms with Gasteiger partial charge < -0.3 is 4.90 Å². The van der Waals surface area contributed by atoms with Crippen molar-refractivity contribution in [2.24, 2.45) is 0 Å². The van der Waals surface area contributed by atoms with Gasteiger partial charge in [-0.2, -0.15) is 0 Å². The molecule has 0 saturated heterocycles. The second-order valence-electron chi connectivity index (χ2n) is 11.8. The van der Waals surface area contributed by atoms with E-state index in [4.69, 9.17) is 0 Å². The van der Waals surface area contributed by atoms with Crippen molar-refractivity contribution >= 4 is 50.8 Å². The minimum atomic E-state index is 1.13. The molecule has 222 valence electrons. The van der Waals surface area contributed by atoms with Gasteiger partial charge in [-0.1, -0.05) is 158 Å². The first-order chi connectivity index (χ1) is 23.3. The molecule has 0 heterocycles. The molecule has 1 heteroatoms. The fourth-order valence-corrected chi connectivity index (χ4v) is 6.47. The fraction of sp³-hybridized carbons (Fsp3) is 0. The molecule has 0 atom stereocenters. The van der Waals surface area contributed by atoms with Gasteiger partial charge in [-0.05, 0) is 97.4 Å². The third kappa shape index (κ3) is 5.83. The van der Waals surface area contributed by atoms with Gasteiger partial charge in [0.2, 0.25) is 0 Å². The van der Waals surface area contributed by atoms with Crippen molar-refractivity contribution in [2.75, 3.05) is 4.90 Å². The van der Waals surface area contributed by atoms with E-state index in [1.165, 1.54) is 49.4 Å². The molecule has 8 aromatic carbocycles. The Balaban J connectivity index is 1.01. The first-order valence-corrected chi connectivity index (χ1v) is 16.1. The lowest BCUT2D eigenvalue weighted by atomic mass is 9.91. The summed E-state index contributed by atoms with van der Waals surface area (Å²) in [6, 6.07) is 67.2. The van der Waals surface area contributed by atoms with Crippen LogP contribution in [0.1, 0.15) is 11.1 Å². The number of hydrogen-bond acceptors (Lipinski definition) is 1. The Hall–Kier alpha value is -6.18. The standard InChI is InChI=1S/C46H33N/c1-3-13-41(14-4-1)47(42-15-5-2-6-16-42)43-31-23-35(24-32-43)20-19-34-21-25-36(26-22-34)37-27-29-38(30-28-37)46-44-17-9-7-11-39(44)33-40-12-8-10-18-45(40)46/h1-33H/b20-19+. The van der Waals surface area contributed by atoms with Crippen LogP contribution in [0.5, 0.6) is 0 Å². The molecule has 0 aliphatic carbocycles. The van der Waals surface area contributed by atoms with Crippen LogP contribution < -0.4 is 4.90 Å². The van der Waals surface area contributed by atoms with Gasteiger partial charge in [0.25, 0.3) is 0 Å². The Bertz CT molecular complexity index is 2210. The summed E-state index contributed by atoms with van der Waals surface area (Å²) in [6.45, 7) is 0. The van der Waals surface area contributed by atoms with Crippen LogP contribution in [-0.4, -0.2) is 0 Å². The van der Waals surface area contributed by atoms with E-state index >= 15 is 0 Å². The molecule has 0 aromatic heterocycles. The Kier molecular flexibility index (Phi) is 7.63. The van der Waals surface area contributed by atoms with Crippen molar-refractivity contribution in [2.45, 2.75) is 0 Å². The second-order valence-corrected chi connectivity index (χ2v) is 11.8. The molecule has 0 radical (unpaired) electrons. The van der Waals surface area contributed by atoms with Crippen LogP contribution >= 0.6 is 0 Å². The maximum Gasteiger partial charge on any atom is 0.0462 e. The fourth-order valence-electron chi connectivity index (χ4n) is 6.47. The summed E-state index contributed by atoms with van der Waals surface area (Å²) in [5.74, 6) is 0. The van der Waals surface area contributed by atoms with Gasteiger partial charge in [-0.15, -0.1) is 0 Å². The zero-order chi connectivity index (χ0) is 31.4. The number of hydrogen-bond donors (Lipinski definition) is 0. The monoisotopic (exact) mass is 599 g/mol. The molecule has 0 amide bonds. The molecule has 47 heavy (non-hydrogen) atoms. The molecule has 0 spiro atoms. The van der Waals surface area contributed by atoms with Crippen LogP contribution in [0.25, 0.3) is 56.0 Å². The normalized spacial score (nSPS) is 11.3. The molecule has 8 rings (SSSR count). The van der Waals surface area contributed by atoms with Crippen molar-refractivity contribution in [1.29, 1.82) is 0 Å². The molecular formula is C46H33N. The van der Waals surface area contributed by atoms with E-state index in [0.29, 0.717) is 0 Å². The zero-order valence-electron chi connectivity index (χ0n) is 26.0. The topological polar surface area (TPSA) is 3.24 Å². The molecule has 0 fully saturated rings. The predicted octanol–water partition coefficient (Wildman–Crippen LogP) is 13.0. The second kappa shape index (κ2) is 12.7. The minimum absolute atomic E-state index is 1.13. The first-order valence-electron chi connectivity index (χ1n) is 16.1. The summed E-state index contributed by atoms with van der Waals surface area (Å²) >= 11 is 0. The van der Waals surface area contributed by atoms with E-state index in [1.807, 2.05) is 0 Å². The Morgan fingerprint density at radius 2 is 0.702 bits per heavy atom. The highest BCUT2D eigenvalue weighted by molar-refractivity contribution is 6.12. The van der Waals surface area contributed by atoms with Gasteiger partial charge in [-0.3, -0.25) is 0 Å². The van der Waals surface area contributed by atoms with Crippen molar-refractivity contribution in [1.82, 2.24) is 0 Å². The Labute approximate surface area is 276 Å². The minimum Gasteiger partial charge on any atom is -0.311 e. The maximum atomic E-state index is 2.29. The summed E-state index contributed by atoms with van der Waals surface area (Å²) in [5.41, 5.74) is 10.7. The third-order valence-corrected chi connectivity index (χ3v) is 8.84. The highest BCUT2D eigenvalue weighted by atomic mass is 15.1. The van der Waals surface area contributed by atoms with Crippen LogP contribution in [0.2, 0.25) is 0 Å². The molecule has 0 unspecified atom stereocenters. The summed E-state index contributed by atoms with van der Waals surface area (Å²) in [5, 5.41) is 5.11. The van der Waals surface area contributed by atoms with Crippen LogP contribution in [0.15, 0.2) is 188 Å². The highest BCUT2D eigenvalue weighted by Gasteiger charge is 2.12. The molecular weight excluding hydrogens is 567 g/mol. The van der Waals surface area contributed by atoms with Crippen LogP contribution in [0.4, 0.5) is 17.1 Å². The van der Waals surface area contributed by atoms with Crippen molar-refractivity contribution < 1.29 is 0 Å². The smallest absolute Gasteiger partial charge is 0.0462 e. The van der Waals surface area contributed by atoms with Crippen molar-refractivity contribution in [3.63, 3.8) is 0 Å². The lowest BCUT2D eigenvalue weighted by Gasteiger charge is -2.25. The third-order valence-electron chi connectivity index (χ3n) is 8.84. The zero-order valence-corrected chi connectivity index (χ0v) is 26.0. The van der Waals surface area contributed by atoms with E-state index in [2.05, 4.69) is 205 Å². The molecule has 1 nitrogen and oxygen atoms in total. The van der Waals surface area contributed by atoms with Gasteiger partial charge in [0.05, 0.1) is 0 Å². The number of para-hydroxylation sites is 2.